The summed E-state index contributed by atoms with van der Waals surface area (Å²) in [7, 11) is 0. The van der Waals surface area contributed by atoms with Gasteiger partial charge < -0.3 is 9.13 Å². The van der Waals surface area contributed by atoms with Crippen LogP contribution in [0.1, 0.15) is 44.5 Å². The number of rotatable bonds is 10. The zero-order chi connectivity index (χ0) is 79.9. The van der Waals surface area contributed by atoms with Crippen LogP contribution in [0.2, 0.25) is 0 Å². The molecule has 19 aromatic carbocycles. The molecule has 4 aliphatic rings. The summed E-state index contributed by atoms with van der Waals surface area (Å²) in [6.07, 6.45) is 0. The molecule has 4 aliphatic carbocycles. The molecular formula is C118H72N4. The van der Waals surface area contributed by atoms with E-state index in [4.69, 9.17) is 9.97 Å². The van der Waals surface area contributed by atoms with Crippen molar-refractivity contribution in [2.24, 2.45) is 0 Å². The Morgan fingerprint density at radius 3 is 0.648 bits per heavy atom. The van der Waals surface area contributed by atoms with Crippen LogP contribution in [0.25, 0.3) is 200 Å². The summed E-state index contributed by atoms with van der Waals surface area (Å²) in [6.45, 7) is 0. The minimum atomic E-state index is -0.571. The van der Waals surface area contributed by atoms with Gasteiger partial charge in [0.05, 0.1) is 55.3 Å². The van der Waals surface area contributed by atoms with Gasteiger partial charge in [-0.25, -0.2) is 9.97 Å². The largest absolute Gasteiger partial charge is 0.309 e. The Labute approximate surface area is 706 Å². The lowest BCUT2D eigenvalue weighted by molar-refractivity contribution is 0.794. The smallest absolute Gasteiger partial charge is 0.0979 e. The molecule has 0 amide bonds. The van der Waals surface area contributed by atoms with E-state index in [1.165, 1.54) is 155 Å². The number of fused-ring (bicyclic) bond motifs is 27. The molecule has 4 nitrogen and oxygen atoms in total. The first-order valence-electron chi connectivity index (χ1n) is 42.3. The van der Waals surface area contributed by atoms with Crippen LogP contribution in [-0.2, 0) is 10.8 Å². The molecule has 0 saturated heterocycles. The highest BCUT2D eigenvalue weighted by Crippen LogP contribution is 2.66. The monoisotopic (exact) mass is 1540 g/mol. The zero-order valence-electron chi connectivity index (χ0n) is 66.4. The van der Waals surface area contributed by atoms with E-state index in [2.05, 4.69) is 446 Å². The summed E-state index contributed by atoms with van der Waals surface area (Å²) in [5.74, 6) is 0. The van der Waals surface area contributed by atoms with Gasteiger partial charge in [0.15, 0.2) is 0 Å². The molecule has 26 rings (SSSR count). The Balaban J connectivity index is 0.720. The average molecular weight is 1550 g/mol. The van der Waals surface area contributed by atoms with E-state index in [0.717, 1.165) is 89.2 Å². The van der Waals surface area contributed by atoms with Crippen LogP contribution < -0.4 is 0 Å². The third kappa shape index (κ3) is 9.74. The lowest BCUT2D eigenvalue weighted by atomic mass is 9.70. The molecule has 122 heavy (non-hydrogen) atoms. The molecule has 0 fully saturated rings. The van der Waals surface area contributed by atoms with Crippen molar-refractivity contribution in [1.29, 1.82) is 0 Å². The lowest BCUT2D eigenvalue weighted by Gasteiger charge is -2.31. The molecule has 0 radical (unpaired) electrons. The molecular weight excluding hydrogens is 1470 g/mol. The van der Waals surface area contributed by atoms with E-state index in [1.807, 2.05) is 0 Å². The van der Waals surface area contributed by atoms with E-state index >= 15 is 0 Å². The normalized spacial score (nSPS) is 13.2. The molecule has 0 saturated carbocycles. The summed E-state index contributed by atoms with van der Waals surface area (Å²) in [4.78, 5) is 12.7. The predicted octanol–water partition coefficient (Wildman–Crippen LogP) is 29.8. The molecule has 0 unspecified atom stereocenters. The Kier molecular flexibility index (Phi) is 14.7. The van der Waals surface area contributed by atoms with Gasteiger partial charge in [-0.05, 0) is 230 Å². The summed E-state index contributed by atoms with van der Waals surface area (Å²) < 4.78 is 4.88. The molecule has 22 aromatic rings. The maximum atomic E-state index is 6.33. The Morgan fingerprint density at radius 2 is 0.377 bits per heavy atom. The van der Waals surface area contributed by atoms with Crippen molar-refractivity contribution in [2.45, 2.75) is 10.8 Å². The second-order valence-electron chi connectivity index (χ2n) is 33.2. The maximum absolute atomic E-state index is 6.33. The van der Waals surface area contributed by atoms with Gasteiger partial charge in [-0.1, -0.05) is 352 Å². The average Bonchev–Trinajstić information content (AvgIpc) is 1.51. The van der Waals surface area contributed by atoms with Crippen molar-refractivity contribution >= 4 is 54.6 Å². The minimum Gasteiger partial charge on any atom is -0.309 e. The Morgan fingerprint density at radius 1 is 0.156 bits per heavy atom. The van der Waals surface area contributed by atoms with Crippen LogP contribution in [-0.4, -0.2) is 19.1 Å². The van der Waals surface area contributed by atoms with E-state index < -0.39 is 10.8 Å². The molecule has 3 aromatic heterocycles. The number of nitrogens with zero attached hydrogens (tertiary/aromatic N) is 4. The molecule has 0 bridgehead atoms. The third-order valence-corrected chi connectivity index (χ3v) is 27.2. The second kappa shape index (κ2) is 26.3. The highest BCUT2D eigenvalue weighted by Gasteiger charge is 2.53. The number of hydrogen-bond acceptors (Lipinski definition) is 2. The highest BCUT2D eigenvalue weighted by atomic mass is 15.0. The topological polar surface area (TPSA) is 35.6 Å². The summed E-state index contributed by atoms with van der Waals surface area (Å²) in [5, 5.41) is 4.76. The van der Waals surface area contributed by atoms with Crippen molar-refractivity contribution in [1.82, 2.24) is 19.1 Å². The first-order chi connectivity index (χ1) is 60.5. The molecule has 3 heterocycles. The van der Waals surface area contributed by atoms with Crippen molar-refractivity contribution in [3.05, 3.63) is 481 Å². The summed E-state index contributed by atoms with van der Waals surface area (Å²) in [5.41, 5.74) is 44.5. The van der Waals surface area contributed by atoms with Crippen molar-refractivity contribution in [3.63, 3.8) is 0 Å². The van der Waals surface area contributed by atoms with Gasteiger partial charge >= 0.3 is 0 Å². The van der Waals surface area contributed by atoms with Crippen LogP contribution in [0.5, 0.6) is 0 Å². The first kappa shape index (κ1) is 68.2. The SMILES string of the molecule is c1ccc(-c2ccc3c(c2)c2cc(-c4ccccc4)ccc2n3-c2ccc(-c3nc4c(-c5ccc6c(c5)C5(c7ccccc7-c7ccccc75)c5ccccc5-6)ccc(-c5ccc6c(c5)C5(c7ccccc7-c7ccccc75)c5ccccc5-6)c4nc3-c3ccc(-n4c5ccc(-c6ccccc6)cc5c5cc(-c6ccccc6)ccc54)cc3)cc2)cc1. The molecule has 4 heteroatoms. The summed E-state index contributed by atoms with van der Waals surface area (Å²) in [6, 6.07) is 163. The lowest BCUT2D eigenvalue weighted by Crippen LogP contribution is -2.25. The molecule has 564 valence electrons. The number of aromatic nitrogens is 4. The Hall–Kier alpha value is -15.9. The van der Waals surface area contributed by atoms with Crippen LogP contribution in [0, 0.1) is 0 Å². The molecule has 2 spiro atoms. The predicted molar refractivity (Wildman–Crippen MR) is 504 cm³/mol. The maximum Gasteiger partial charge on any atom is 0.0979 e. The van der Waals surface area contributed by atoms with E-state index in [1.54, 1.807) is 0 Å². The molecule has 0 aliphatic heterocycles. The van der Waals surface area contributed by atoms with E-state index in [-0.39, 0.29) is 0 Å². The van der Waals surface area contributed by atoms with E-state index in [9.17, 15) is 0 Å². The van der Waals surface area contributed by atoms with Gasteiger partial charge in [0.1, 0.15) is 0 Å². The van der Waals surface area contributed by atoms with Gasteiger partial charge in [0.2, 0.25) is 0 Å². The standard InChI is InChI=1S/C118H72N4/c1-5-25-73(26-6-1)79-51-63-109-97(67-79)98-68-80(74-27-7-2-8-28-74)52-64-110(98)121(109)85-55-45-77(46-56-85)113-114(78-47-57-86(58-48-78)122-111-65-53-81(75-29-9-3-10-30-75)69-99(111)100-70-82(54-66-112(100)122)76-31-11-4-12-32-76)120-116-88(84-50-60-96-94-38-18-24-44-106(94)118(108(96)72-84)103-41-21-15-35-91(103)92-36-16-22-42-104(92)118)62-61-87(115(116)119-113)83-49-59-95-93-37-17-23-43-105(93)117(107(95)71-83)101-39-19-13-33-89(101)90-34-14-20-40-102(90)117/h1-72H. The van der Waals surface area contributed by atoms with Gasteiger partial charge in [-0.15, -0.1) is 0 Å². The third-order valence-electron chi connectivity index (χ3n) is 27.2. The fraction of sp³-hybridized carbons (Fsp3) is 0.0169. The second-order valence-corrected chi connectivity index (χ2v) is 33.2. The Bertz CT molecular complexity index is 7350. The first-order valence-corrected chi connectivity index (χ1v) is 42.3. The number of hydrogen-bond donors (Lipinski definition) is 0. The van der Waals surface area contributed by atoms with Crippen LogP contribution in [0.4, 0.5) is 0 Å². The van der Waals surface area contributed by atoms with Crippen LogP contribution in [0.15, 0.2) is 437 Å². The van der Waals surface area contributed by atoms with Crippen molar-refractivity contribution in [3.8, 4) is 145 Å². The minimum absolute atomic E-state index is 0.571. The van der Waals surface area contributed by atoms with Crippen molar-refractivity contribution in [2.75, 3.05) is 0 Å². The van der Waals surface area contributed by atoms with E-state index in [0.29, 0.717) is 0 Å². The van der Waals surface area contributed by atoms with Gasteiger partial charge in [0.25, 0.3) is 0 Å². The highest BCUT2D eigenvalue weighted by molar-refractivity contribution is 6.14. The van der Waals surface area contributed by atoms with Gasteiger partial charge in [-0.2, -0.15) is 0 Å². The molecule has 0 atom stereocenters. The van der Waals surface area contributed by atoms with Gasteiger partial charge in [-0.3, -0.25) is 0 Å². The zero-order valence-corrected chi connectivity index (χ0v) is 66.4. The molecule has 0 N–H and O–H groups in total. The van der Waals surface area contributed by atoms with Crippen LogP contribution in [0.3, 0.4) is 0 Å². The summed E-state index contributed by atoms with van der Waals surface area (Å²) >= 11 is 0. The quantitative estimate of drug-likeness (QED) is 0.137. The number of benzene rings is 19. The van der Waals surface area contributed by atoms with Crippen LogP contribution >= 0.6 is 0 Å². The fourth-order valence-corrected chi connectivity index (χ4v) is 21.9. The van der Waals surface area contributed by atoms with Crippen molar-refractivity contribution < 1.29 is 0 Å². The van der Waals surface area contributed by atoms with Gasteiger partial charge in [0, 0.05) is 55.2 Å². The fourth-order valence-electron chi connectivity index (χ4n) is 21.9.